The molecule has 0 aromatic carbocycles. The van der Waals surface area contributed by atoms with Gasteiger partial charge in [0.1, 0.15) is 0 Å². The van der Waals surface area contributed by atoms with Crippen LogP contribution in [0.4, 0.5) is 0 Å². The molecule has 0 saturated heterocycles. The standard InChI is InChI=1S/C11H22S/c1-10(9-12)5-8-11(2)6-3-4-7-11/h10,12H,3-9H2,1-2H3. The number of thiol groups is 1. The largest absolute Gasteiger partial charge is 0.179 e. The maximum Gasteiger partial charge on any atom is -0.00721 e. The molecule has 0 amide bonds. The highest BCUT2D eigenvalue weighted by Crippen LogP contribution is 2.41. The van der Waals surface area contributed by atoms with Gasteiger partial charge in [-0.1, -0.05) is 26.7 Å². The Morgan fingerprint density at radius 2 is 1.92 bits per heavy atom. The molecule has 12 heavy (non-hydrogen) atoms. The molecule has 1 saturated carbocycles. The van der Waals surface area contributed by atoms with Gasteiger partial charge in [-0.3, -0.25) is 0 Å². The van der Waals surface area contributed by atoms with Gasteiger partial charge in [0.2, 0.25) is 0 Å². The fraction of sp³-hybridized carbons (Fsp3) is 1.00. The number of hydrogen-bond acceptors (Lipinski definition) is 1. The molecule has 1 atom stereocenters. The van der Waals surface area contributed by atoms with Crippen molar-refractivity contribution >= 4 is 12.6 Å². The molecule has 1 rings (SSSR count). The van der Waals surface area contributed by atoms with Gasteiger partial charge in [-0.2, -0.15) is 12.6 Å². The Hall–Kier alpha value is 0.350. The average molecular weight is 186 g/mol. The topological polar surface area (TPSA) is 0 Å². The van der Waals surface area contributed by atoms with Gasteiger partial charge in [0.25, 0.3) is 0 Å². The van der Waals surface area contributed by atoms with Crippen LogP contribution in [0.5, 0.6) is 0 Å². The van der Waals surface area contributed by atoms with Crippen LogP contribution in [0.2, 0.25) is 0 Å². The van der Waals surface area contributed by atoms with Crippen LogP contribution in [0.15, 0.2) is 0 Å². The minimum atomic E-state index is 0.692. The van der Waals surface area contributed by atoms with E-state index in [1.165, 1.54) is 38.5 Å². The molecule has 0 N–H and O–H groups in total. The summed E-state index contributed by atoms with van der Waals surface area (Å²) in [5.74, 6) is 1.86. The summed E-state index contributed by atoms with van der Waals surface area (Å²) in [6.07, 6.45) is 8.66. The van der Waals surface area contributed by atoms with E-state index in [1.54, 1.807) is 0 Å². The maximum absolute atomic E-state index is 4.32. The van der Waals surface area contributed by atoms with Crippen LogP contribution >= 0.6 is 12.6 Å². The second-order valence-corrected chi connectivity index (χ2v) is 5.21. The summed E-state index contributed by atoms with van der Waals surface area (Å²) in [5, 5.41) is 0. The Balaban J connectivity index is 2.21. The molecule has 0 aromatic heterocycles. The van der Waals surface area contributed by atoms with E-state index in [0.29, 0.717) is 5.41 Å². The molecule has 1 unspecified atom stereocenters. The fourth-order valence-corrected chi connectivity index (χ4v) is 2.35. The lowest BCUT2D eigenvalue weighted by Gasteiger charge is -2.24. The summed E-state index contributed by atoms with van der Waals surface area (Å²) < 4.78 is 0. The lowest BCUT2D eigenvalue weighted by Crippen LogP contribution is -2.12. The van der Waals surface area contributed by atoms with Crippen LogP contribution < -0.4 is 0 Å². The summed E-state index contributed by atoms with van der Waals surface area (Å²) >= 11 is 4.32. The molecule has 0 radical (unpaired) electrons. The average Bonchev–Trinajstić information content (AvgIpc) is 2.49. The van der Waals surface area contributed by atoms with Crippen LogP contribution in [-0.2, 0) is 0 Å². The monoisotopic (exact) mass is 186 g/mol. The van der Waals surface area contributed by atoms with E-state index in [1.807, 2.05) is 0 Å². The smallest absolute Gasteiger partial charge is 0.00721 e. The zero-order chi connectivity index (χ0) is 9.03. The summed E-state index contributed by atoms with van der Waals surface area (Å²) in [6, 6.07) is 0. The zero-order valence-electron chi connectivity index (χ0n) is 8.47. The minimum absolute atomic E-state index is 0.692. The van der Waals surface area contributed by atoms with E-state index in [2.05, 4.69) is 26.5 Å². The Morgan fingerprint density at radius 1 is 1.33 bits per heavy atom. The first-order valence-electron chi connectivity index (χ1n) is 5.27. The predicted molar refractivity (Wildman–Crippen MR) is 58.8 cm³/mol. The highest BCUT2D eigenvalue weighted by Gasteiger charge is 2.28. The molecule has 1 aliphatic rings. The van der Waals surface area contributed by atoms with Crippen molar-refractivity contribution in [3.05, 3.63) is 0 Å². The van der Waals surface area contributed by atoms with Gasteiger partial charge in [0, 0.05) is 0 Å². The molecule has 0 aliphatic heterocycles. The van der Waals surface area contributed by atoms with E-state index < -0.39 is 0 Å². The molecular weight excluding hydrogens is 164 g/mol. The first-order valence-corrected chi connectivity index (χ1v) is 5.90. The first-order chi connectivity index (χ1) is 5.66. The van der Waals surface area contributed by atoms with Crippen LogP contribution in [-0.4, -0.2) is 5.75 Å². The molecule has 72 valence electrons. The predicted octanol–water partition coefficient (Wildman–Crippen LogP) is 3.91. The lowest BCUT2D eigenvalue weighted by atomic mass is 9.82. The fourth-order valence-electron chi connectivity index (χ4n) is 2.16. The van der Waals surface area contributed by atoms with Gasteiger partial charge in [-0.25, -0.2) is 0 Å². The van der Waals surface area contributed by atoms with E-state index in [4.69, 9.17) is 0 Å². The summed E-state index contributed by atoms with van der Waals surface area (Å²) in [5.41, 5.74) is 0.692. The molecule has 1 fully saturated rings. The molecule has 0 aromatic rings. The summed E-state index contributed by atoms with van der Waals surface area (Å²) in [6.45, 7) is 4.77. The number of hydrogen-bond donors (Lipinski definition) is 1. The number of rotatable bonds is 4. The maximum atomic E-state index is 4.32. The van der Waals surface area contributed by atoms with Gasteiger partial charge >= 0.3 is 0 Å². The van der Waals surface area contributed by atoms with Gasteiger partial charge in [0.15, 0.2) is 0 Å². The quantitative estimate of drug-likeness (QED) is 0.632. The van der Waals surface area contributed by atoms with Gasteiger partial charge < -0.3 is 0 Å². The third-order valence-electron chi connectivity index (χ3n) is 3.36. The molecule has 0 bridgehead atoms. The Kier molecular flexibility index (Phi) is 3.95. The van der Waals surface area contributed by atoms with E-state index in [9.17, 15) is 0 Å². The second kappa shape index (κ2) is 4.55. The van der Waals surface area contributed by atoms with Crippen molar-refractivity contribution in [1.82, 2.24) is 0 Å². The van der Waals surface area contributed by atoms with Crippen molar-refractivity contribution in [1.29, 1.82) is 0 Å². The minimum Gasteiger partial charge on any atom is -0.179 e. The van der Waals surface area contributed by atoms with Crippen molar-refractivity contribution in [2.75, 3.05) is 5.75 Å². The van der Waals surface area contributed by atoms with Crippen LogP contribution in [0, 0.1) is 11.3 Å². The van der Waals surface area contributed by atoms with Crippen molar-refractivity contribution < 1.29 is 0 Å². The summed E-state index contributed by atoms with van der Waals surface area (Å²) in [7, 11) is 0. The third kappa shape index (κ3) is 3.01. The molecule has 0 spiro atoms. The lowest BCUT2D eigenvalue weighted by molar-refractivity contribution is 0.282. The molecular formula is C11H22S. The van der Waals surface area contributed by atoms with Crippen LogP contribution in [0.1, 0.15) is 52.4 Å². The van der Waals surface area contributed by atoms with Gasteiger partial charge in [-0.15, -0.1) is 0 Å². The van der Waals surface area contributed by atoms with Gasteiger partial charge in [-0.05, 0) is 42.8 Å². The normalized spacial score (nSPS) is 24.2. The van der Waals surface area contributed by atoms with Crippen molar-refractivity contribution in [2.45, 2.75) is 52.4 Å². The van der Waals surface area contributed by atoms with Gasteiger partial charge in [0.05, 0.1) is 0 Å². The SMILES string of the molecule is CC(CS)CCC1(C)CCCC1. The van der Waals surface area contributed by atoms with E-state index in [0.717, 1.165) is 11.7 Å². The zero-order valence-corrected chi connectivity index (χ0v) is 9.37. The molecule has 0 nitrogen and oxygen atoms in total. The van der Waals surface area contributed by atoms with E-state index in [-0.39, 0.29) is 0 Å². The van der Waals surface area contributed by atoms with E-state index >= 15 is 0 Å². The van der Waals surface area contributed by atoms with Crippen molar-refractivity contribution in [3.63, 3.8) is 0 Å². The highest BCUT2D eigenvalue weighted by atomic mass is 32.1. The van der Waals surface area contributed by atoms with Crippen molar-refractivity contribution in [2.24, 2.45) is 11.3 Å². The Bertz CT molecular complexity index is 125. The molecule has 1 heteroatoms. The van der Waals surface area contributed by atoms with Crippen molar-refractivity contribution in [3.8, 4) is 0 Å². The summed E-state index contributed by atoms with van der Waals surface area (Å²) in [4.78, 5) is 0. The molecule has 0 heterocycles. The Labute approximate surface area is 82.5 Å². The Morgan fingerprint density at radius 3 is 2.42 bits per heavy atom. The third-order valence-corrected chi connectivity index (χ3v) is 3.99. The van der Waals surface area contributed by atoms with Crippen LogP contribution in [0.25, 0.3) is 0 Å². The van der Waals surface area contributed by atoms with Crippen LogP contribution in [0.3, 0.4) is 0 Å². The first kappa shape index (κ1) is 10.4. The highest BCUT2D eigenvalue weighted by molar-refractivity contribution is 7.80. The second-order valence-electron chi connectivity index (χ2n) is 4.84. The molecule has 1 aliphatic carbocycles.